The monoisotopic (exact) mass is 422 g/mol. The summed E-state index contributed by atoms with van der Waals surface area (Å²) in [6.07, 6.45) is 1.57. The molecule has 0 spiro atoms. The Balaban J connectivity index is 1.45. The Hall–Kier alpha value is -2.41. The van der Waals surface area contributed by atoms with Crippen LogP contribution in [0.25, 0.3) is 0 Å². The molecule has 31 heavy (non-hydrogen) atoms. The van der Waals surface area contributed by atoms with Crippen LogP contribution < -0.4 is 9.64 Å². The van der Waals surface area contributed by atoms with Gasteiger partial charge in [-0.05, 0) is 30.5 Å². The number of rotatable bonds is 5. The number of nitrogens with zero attached hydrogens (tertiary/aromatic N) is 2. The predicted molar refractivity (Wildman–Crippen MR) is 118 cm³/mol. The number of anilines is 1. The second kappa shape index (κ2) is 8.61. The molecule has 1 N–H and O–H groups in total. The number of para-hydroxylation sites is 2. The number of fused-ring (bicyclic) bond motifs is 3. The van der Waals surface area contributed by atoms with Crippen molar-refractivity contribution < 1.29 is 19.4 Å². The number of hydrogen-bond donors (Lipinski definition) is 1. The van der Waals surface area contributed by atoms with Crippen molar-refractivity contribution in [3.63, 3.8) is 0 Å². The molecule has 2 fully saturated rings. The molecule has 2 aromatic carbocycles. The van der Waals surface area contributed by atoms with Crippen LogP contribution >= 0.6 is 0 Å². The lowest BCUT2D eigenvalue weighted by Crippen LogP contribution is -2.69. The van der Waals surface area contributed by atoms with E-state index in [0.29, 0.717) is 26.3 Å². The van der Waals surface area contributed by atoms with Crippen molar-refractivity contribution >= 4 is 11.6 Å². The average Bonchev–Trinajstić information content (AvgIpc) is 2.83. The van der Waals surface area contributed by atoms with Gasteiger partial charge >= 0.3 is 0 Å². The fourth-order valence-electron chi connectivity index (χ4n) is 5.60. The number of methoxy groups -OCH3 is 1. The molecule has 0 radical (unpaired) electrons. The van der Waals surface area contributed by atoms with Gasteiger partial charge in [-0.1, -0.05) is 36.4 Å². The van der Waals surface area contributed by atoms with Crippen LogP contribution in [0.5, 0.6) is 5.75 Å². The summed E-state index contributed by atoms with van der Waals surface area (Å²) in [5, 5.41) is 10.2. The van der Waals surface area contributed by atoms with Gasteiger partial charge in [0.25, 0.3) is 0 Å². The average molecular weight is 423 g/mol. The zero-order chi connectivity index (χ0) is 21.4. The van der Waals surface area contributed by atoms with Crippen LogP contribution in [0.2, 0.25) is 0 Å². The van der Waals surface area contributed by atoms with Crippen molar-refractivity contribution in [3.05, 3.63) is 59.7 Å². The highest BCUT2D eigenvalue weighted by Crippen LogP contribution is 2.49. The molecule has 0 saturated carbocycles. The molecule has 2 saturated heterocycles. The van der Waals surface area contributed by atoms with Gasteiger partial charge in [-0.25, -0.2) is 0 Å². The van der Waals surface area contributed by atoms with Gasteiger partial charge < -0.3 is 19.5 Å². The molecule has 164 valence electrons. The maximum absolute atomic E-state index is 13.5. The van der Waals surface area contributed by atoms with Crippen LogP contribution in [0.15, 0.2) is 48.5 Å². The van der Waals surface area contributed by atoms with Crippen molar-refractivity contribution in [2.24, 2.45) is 5.92 Å². The van der Waals surface area contributed by atoms with Gasteiger partial charge in [0.1, 0.15) is 5.75 Å². The minimum atomic E-state index is 0.0229. The fraction of sp³-hybridized carbons (Fsp3) is 0.480. The topological polar surface area (TPSA) is 62.2 Å². The fourth-order valence-corrected chi connectivity index (χ4v) is 5.60. The van der Waals surface area contributed by atoms with Gasteiger partial charge in [-0.15, -0.1) is 0 Å². The maximum Gasteiger partial charge on any atom is 0.230 e. The molecule has 6 heteroatoms. The SMILES string of the molecule is COc1ccccc1CN1[C@H](CO)[C@@H]2c3ccccc3N(C(=O)C3CCOCC3)C[C@@H]21. The van der Waals surface area contributed by atoms with Crippen LogP contribution in [-0.2, 0) is 16.1 Å². The number of ether oxygens (including phenoxy) is 2. The standard InChI is InChI=1S/C25H30N2O4/c1-30-23-9-5-2-6-18(23)14-26-21-15-27(25(29)17-10-12-31-13-11-17)20-8-4-3-7-19(20)24(21)22(26)16-28/h2-9,17,21-22,24,28H,10-16H2,1H3/t21-,22+,24+/m0/s1. The lowest BCUT2D eigenvalue weighted by Gasteiger charge is -2.59. The normalized spacial score (nSPS) is 26.0. The molecule has 2 aromatic rings. The Morgan fingerprint density at radius 2 is 1.87 bits per heavy atom. The molecule has 5 rings (SSSR count). The highest BCUT2D eigenvalue weighted by molar-refractivity contribution is 5.96. The lowest BCUT2D eigenvalue weighted by molar-refractivity contribution is -0.126. The highest BCUT2D eigenvalue weighted by atomic mass is 16.5. The molecule has 3 aliphatic heterocycles. The molecule has 1 amide bonds. The van der Waals surface area contributed by atoms with Crippen molar-refractivity contribution in [2.45, 2.75) is 37.4 Å². The summed E-state index contributed by atoms with van der Waals surface area (Å²) in [6.45, 7) is 2.76. The largest absolute Gasteiger partial charge is 0.496 e. The first-order valence-electron chi connectivity index (χ1n) is 11.2. The molecule has 3 heterocycles. The van der Waals surface area contributed by atoms with Crippen molar-refractivity contribution in [3.8, 4) is 5.75 Å². The number of likely N-dealkylation sites (tertiary alicyclic amines) is 1. The second-order valence-corrected chi connectivity index (χ2v) is 8.72. The first-order valence-corrected chi connectivity index (χ1v) is 11.2. The molecule has 6 nitrogen and oxygen atoms in total. The summed E-state index contributed by atoms with van der Waals surface area (Å²) in [7, 11) is 1.69. The highest BCUT2D eigenvalue weighted by Gasteiger charge is 2.53. The minimum absolute atomic E-state index is 0.0229. The number of aliphatic hydroxyl groups excluding tert-OH is 1. The van der Waals surface area contributed by atoms with Gasteiger partial charge in [-0.2, -0.15) is 0 Å². The zero-order valence-corrected chi connectivity index (χ0v) is 17.9. The summed E-state index contributed by atoms with van der Waals surface area (Å²) >= 11 is 0. The van der Waals surface area contributed by atoms with E-state index in [1.807, 2.05) is 35.2 Å². The third kappa shape index (κ3) is 3.53. The molecule has 3 atom stereocenters. The summed E-state index contributed by atoms with van der Waals surface area (Å²) in [4.78, 5) is 17.8. The Kier molecular flexibility index (Phi) is 5.69. The Morgan fingerprint density at radius 1 is 1.13 bits per heavy atom. The van der Waals surface area contributed by atoms with E-state index in [1.54, 1.807) is 7.11 Å². The van der Waals surface area contributed by atoms with E-state index in [0.717, 1.165) is 29.8 Å². The number of amides is 1. The van der Waals surface area contributed by atoms with E-state index >= 15 is 0 Å². The lowest BCUT2D eigenvalue weighted by atomic mass is 9.71. The zero-order valence-electron chi connectivity index (χ0n) is 17.9. The van der Waals surface area contributed by atoms with Crippen LogP contribution in [0.4, 0.5) is 5.69 Å². The molecule has 0 bridgehead atoms. The number of carbonyl (C=O) groups is 1. The van der Waals surface area contributed by atoms with Crippen molar-refractivity contribution in [1.29, 1.82) is 0 Å². The van der Waals surface area contributed by atoms with Crippen LogP contribution in [-0.4, -0.2) is 61.5 Å². The van der Waals surface area contributed by atoms with E-state index < -0.39 is 0 Å². The van der Waals surface area contributed by atoms with E-state index in [4.69, 9.17) is 9.47 Å². The quantitative estimate of drug-likeness (QED) is 0.803. The molecule has 3 aliphatic rings. The summed E-state index contributed by atoms with van der Waals surface area (Å²) in [6, 6.07) is 16.5. The summed E-state index contributed by atoms with van der Waals surface area (Å²) in [5.74, 6) is 1.32. The molecule has 0 aliphatic carbocycles. The maximum atomic E-state index is 13.5. The first kappa shape index (κ1) is 20.5. The number of benzene rings is 2. The first-order chi connectivity index (χ1) is 15.2. The molecule has 0 unspecified atom stereocenters. The van der Waals surface area contributed by atoms with Gasteiger partial charge in [0.15, 0.2) is 0 Å². The molecular formula is C25H30N2O4. The van der Waals surface area contributed by atoms with Gasteiger partial charge in [0, 0.05) is 61.5 Å². The van der Waals surface area contributed by atoms with Crippen LogP contribution in [0, 0.1) is 5.92 Å². The van der Waals surface area contributed by atoms with E-state index in [2.05, 4.69) is 23.1 Å². The van der Waals surface area contributed by atoms with Crippen LogP contribution in [0.1, 0.15) is 29.9 Å². The van der Waals surface area contributed by atoms with Gasteiger partial charge in [0.05, 0.1) is 13.7 Å². The summed E-state index contributed by atoms with van der Waals surface area (Å²) in [5.41, 5.74) is 3.29. The van der Waals surface area contributed by atoms with Crippen molar-refractivity contribution in [2.75, 3.05) is 38.4 Å². The number of carbonyl (C=O) groups excluding carboxylic acids is 1. The number of aliphatic hydroxyl groups is 1. The predicted octanol–water partition coefficient (Wildman–Crippen LogP) is 2.80. The van der Waals surface area contributed by atoms with E-state index in [1.165, 1.54) is 5.56 Å². The van der Waals surface area contributed by atoms with E-state index in [-0.39, 0.29) is 36.4 Å². The molecular weight excluding hydrogens is 392 g/mol. The third-order valence-corrected chi connectivity index (χ3v) is 7.21. The smallest absolute Gasteiger partial charge is 0.230 e. The Labute approximate surface area is 183 Å². The van der Waals surface area contributed by atoms with Crippen molar-refractivity contribution in [1.82, 2.24) is 4.90 Å². The van der Waals surface area contributed by atoms with Crippen LogP contribution in [0.3, 0.4) is 0 Å². The number of hydrogen-bond acceptors (Lipinski definition) is 5. The Morgan fingerprint density at radius 3 is 2.65 bits per heavy atom. The Bertz CT molecular complexity index is 943. The van der Waals surface area contributed by atoms with Gasteiger partial charge in [-0.3, -0.25) is 9.69 Å². The second-order valence-electron chi connectivity index (χ2n) is 8.72. The van der Waals surface area contributed by atoms with Gasteiger partial charge in [0.2, 0.25) is 5.91 Å². The summed E-state index contributed by atoms with van der Waals surface area (Å²) < 4.78 is 11.0. The third-order valence-electron chi connectivity index (χ3n) is 7.21. The molecule has 0 aromatic heterocycles. The minimum Gasteiger partial charge on any atom is -0.496 e. The van der Waals surface area contributed by atoms with E-state index in [9.17, 15) is 9.90 Å².